The van der Waals surface area contributed by atoms with Gasteiger partial charge in [-0.05, 0) is 36.8 Å². The smallest absolute Gasteiger partial charge is 0.201 e. The summed E-state index contributed by atoms with van der Waals surface area (Å²) in [6.07, 6.45) is 3.83. The monoisotopic (exact) mass is 254 g/mol. The summed E-state index contributed by atoms with van der Waals surface area (Å²) in [4.78, 5) is 4.36. The molecule has 1 aromatic heterocycles. The third-order valence-electron chi connectivity index (χ3n) is 4.17. The molecule has 0 bridgehead atoms. The van der Waals surface area contributed by atoms with Crippen LogP contribution in [-0.4, -0.2) is 9.55 Å². The number of fused-ring (bicyclic) bond motifs is 1. The summed E-state index contributed by atoms with van der Waals surface area (Å²) in [5.41, 5.74) is 8.34. The molecule has 0 radical (unpaired) electrons. The number of hydrogen-bond donors (Lipinski definition) is 1. The van der Waals surface area contributed by atoms with Crippen LogP contribution in [0.2, 0.25) is 0 Å². The van der Waals surface area contributed by atoms with Gasteiger partial charge in [0.2, 0.25) is 5.95 Å². The number of nitrogens with zero attached hydrogens (tertiary/aromatic N) is 3. The van der Waals surface area contributed by atoms with E-state index in [1.165, 1.54) is 19.3 Å². The number of nitrogen functional groups attached to an aromatic ring is 1. The quantitative estimate of drug-likeness (QED) is 0.896. The SMILES string of the molecule is CC1CCC(Cn2c(N)nc3c(C#N)cccc32)C1. The molecular weight excluding hydrogens is 236 g/mol. The van der Waals surface area contributed by atoms with Crippen LogP contribution in [0.3, 0.4) is 0 Å². The fourth-order valence-electron chi connectivity index (χ4n) is 3.20. The van der Waals surface area contributed by atoms with Crippen molar-refractivity contribution in [1.82, 2.24) is 9.55 Å². The molecule has 1 fully saturated rings. The molecule has 1 aromatic carbocycles. The van der Waals surface area contributed by atoms with Crippen molar-refractivity contribution in [2.24, 2.45) is 11.8 Å². The number of para-hydroxylation sites is 1. The lowest BCUT2D eigenvalue weighted by molar-refractivity contribution is 0.450. The topological polar surface area (TPSA) is 67.6 Å². The first kappa shape index (κ1) is 12.0. The van der Waals surface area contributed by atoms with Gasteiger partial charge in [-0.2, -0.15) is 5.26 Å². The highest BCUT2D eigenvalue weighted by atomic mass is 15.2. The van der Waals surface area contributed by atoms with Crippen LogP contribution in [0.5, 0.6) is 0 Å². The highest BCUT2D eigenvalue weighted by Crippen LogP contribution is 2.33. The Bertz CT molecular complexity index is 650. The molecule has 1 aliphatic carbocycles. The number of rotatable bonds is 2. The summed E-state index contributed by atoms with van der Waals surface area (Å²) in [6.45, 7) is 3.23. The van der Waals surface area contributed by atoms with Gasteiger partial charge in [-0.25, -0.2) is 4.98 Å². The lowest BCUT2D eigenvalue weighted by Gasteiger charge is -2.12. The molecular formula is C15H18N4. The molecule has 3 rings (SSSR count). The predicted octanol–water partition coefficient (Wildman–Crippen LogP) is 2.93. The van der Waals surface area contributed by atoms with Crippen molar-refractivity contribution in [1.29, 1.82) is 5.26 Å². The highest BCUT2D eigenvalue weighted by Gasteiger charge is 2.23. The normalized spacial score (nSPS) is 22.7. The van der Waals surface area contributed by atoms with Crippen molar-refractivity contribution in [3.63, 3.8) is 0 Å². The van der Waals surface area contributed by atoms with E-state index >= 15 is 0 Å². The Hall–Kier alpha value is -2.02. The summed E-state index contributed by atoms with van der Waals surface area (Å²) in [5.74, 6) is 2.02. The second-order valence-corrected chi connectivity index (χ2v) is 5.65. The fraction of sp³-hybridized carbons (Fsp3) is 0.467. The van der Waals surface area contributed by atoms with Crippen LogP contribution in [0.15, 0.2) is 18.2 Å². The Balaban J connectivity index is 2.00. The third-order valence-corrected chi connectivity index (χ3v) is 4.17. The Kier molecular flexibility index (Phi) is 2.90. The van der Waals surface area contributed by atoms with E-state index in [1.807, 2.05) is 12.1 Å². The van der Waals surface area contributed by atoms with Crippen LogP contribution in [0.1, 0.15) is 31.7 Å². The van der Waals surface area contributed by atoms with Crippen LogP contribution in [0, 0.1) is 23.2 Å². The molecule has 4 nitrogen and oxygen atoms in total. The molecule has 0 spiro atoms. The number of hydrogen-bond acceptors (Lipinski definition) is 3. The van der Waals surface area contributed by atoms with Gasteiger partial charge in [-0.1, -0.05) is 19.4 Å². The molecule has 2 atom stereocenters. The number of nitriles is 1. The molecule has 4 heteroatoms. The van der Waals surface area contributed by atoms with Crippen LogP contribution >= 0.6 is 0 Å². The van der Waals surface area contributed by atoms with Crippen LogP contribution in [0.25, 0.3) is 11.0 Å². The van der Waals surface area contributed by atoms with Crippen molar-refractivity contribution >= 4 is 17.0 Å². The summed E-state index contributed by atoms with van der Waals surface area (Å²) < 4.78 is 2.07. The van der Waals surface area contributed by atoms with Crippen molar-refractivity contribution in [2.75, 3.05) is 5.73 Å². The molecule has 1 aliphatic rings. The van der Waals surface area contributed by atoms with Crippen molar-refractivity contribution in [2.45, 2.75) is 32.7 Å². The first-order valence-corrected chi connectivity index (χ1v) is 6.84. The lowest BCUT2D eigenvalue weighted by atomic mass is 10.1. The van der Waals surface area contributed by atoms with E-state index in [2.05, 4.69) is 22.5 Å². The van der Waals surface area contributed by atoms with Gasteiger partial charge >= 0.3 is 0 Å². The minimum absolute atomic E-state index is 0.525. The zero-order chi connectivity index (χ0) is 13.4. The predicted molar refractivity (Wildman–Crippen MR) is 75.4 cm³/mol. The summed E-state index contributed by atoms with van der Waals surface area (Å²) in [7, 11) is 0. The van der Waals surface area contributed by atoms with Gasteiger partial charge in [0.25, 0.3) is 0 Å². The van der Waals surface area contributed by atoms with Crippen molar-refractivity contribution < 1.29 is 0 Å². The standard InChI is InChI=1S/C15H18N4/c1-10-5-6-11(7-10)9-19-13-4-2-3-12(8-16)14(13)18-15(19)17/h2-4,10-11H,5-7,9H2,1H3,(H2,17,18). The Morgan fingerprint density at radius 3 is 3.00 bits per heavy atom. The van der Waals surface area contributed by atoms with Gasteiger partial charge in [0.1, 0.15) is 11.6 Å². The Morgan fingerprint density at radius 2 is 2.32 bits per heavy atom. The molecule has 0 saturated heterocycles. The lowest BCUT2D eigenvalue weighted by Crippen LogP contribution is -2.10. The number of imidazole rings is 1. The molecule has 1 heterocycles. The summed E-state index contributed by atoms with van der Waals surface area (Å²) in [5, 5.41) is 9.11. The zero-order valence-corrected chi connectivity index (χ0v) is 11.1. The second-order valence-electron chi connectivity index (χ2n) is 5.65. The largest absolute Gasteiger partial charge is 0.369 e. The molecule has 2 aromatic rings. The molecule has 1 saturated carbocycles. The molecule has 2 unspecified atom stereocenters. The molecule has 0 aliphatic heterocycles. The van der Waals surface area contributed by atoms with Crippen molar-refractivity contribution in [3.05, 3.63) is 23.8 Å². The average molecular weight is 254 g/mol. The number of nitrogens with two attached hydrogens (primary N) is 1. The molecule has 98 valence electrons. The first-order valence-electron chi connectivity index (χ1n) is 6.84. The van der Waals surface area contributed by atoms with Gasteiger partial charge in [0.15, 0.2) is 0 Å². The fourth-order valence-corrected chi connectivity index (χ4v) is 3.20. The van der Waals surface area contributed by atoms with E-state index in [0.717, 1.165) is 23.5 Å². The van der Waals surface area contributed by atoms with E-state index < -0.39 is 0 Å². The third kappa shape index (κ3) is 2.06. The minimum atomic E-state index is 0.525. The van der Waals surface area contributed by atoms with E-state index in [9.17, 15) is 0 Å². The van der Waals surface area contributed by atoms with E-state index in [-0.39, 0.29) is 0 Å². The molecule has 2 N–H and O–H groups in total. The first-order chi connectivity index (χ1) is 9.19. The van der Waals surface area contributed by atoms with Gasteiger partial charge < -0.3 is 10.3 Å². The zero-order valence-electron chi connectivity index (χ0n) is 11.1. The minimum Gasteiger partial charge on any atom is -0.369 e. The van der Waals surface area contributed by atoms with E-state index in [0.29, 0.717) is 17.4 Å². The summed E-state index contributed by atoms with van der Waals surface area (Å²) in [6, 6.07) is 7.86. The number of aromatic nitrogens is 2. The maximum absolute atomic E-state index is 9.11. The van der Waals surface area contributed by atoms with Crippen LogP contribution < -0.4 is 5.73 Å². The van der Waals surface area contributed by atoms with Crippen molar-refractivity contribution in [3.8, 4) is 6.07 Å². The number of benzene rings is 1. The number of anilines is 1. The van der Waals surface area contributed by atoms with Crippen LogP contribution in [0.4, 0.5) is 5.95 Å². The van der Waals surface area contributed by atoms with Crippen LogP contribution in [-0.2, 0) is 6.54 Å². The second kappa shape index (κ2) is 4.58. The molecule has 19 heavy (non-hydrogen) atoms. The summed E-state index contributed by atoms with van der Waals surface area (Å²) >= 11 is 0. The van der Waals surface area contributed by atoms with E-state index in [4.69, 9.17) is 11.0 Å². The Morgan fingerprint density at radius 1 is 1.47 bits per heavy atom. The van der Waals surface area contributed by atoms with Gasteiger partial charge in [-0.3, -0.25) is 0 Å². The molecule has 0 amide bonds. The van der Waals surface area contributed by atoms with Gasteiger partial charge in [0.05, 0.1) is 11.1 Å². The van der Waals surface area contributed by atoms with E-state index in [1.54, 1.807) is 6.07 Å². The highest BCUT2D eigenvalue weighted by molar-refractivity contribution is 5.83. The average Bonchev–Trinajstić information content (AvgIpc) is 2.94. The van der Waals surface area contributed by atoms with Gasteiger partial charge in [0, 0.05) is 6.54 Å². The Labute approximate surface area is 112 Å². The van der Waals surface area contributed by atoms with Gasteiger partial charge in [-0.15, -0.1) is 0 Å². The maximum atomic E-state index is 9.11. The maximum Gasteiger partial charge on any atom is 0.201 e.